The van der Waals surface area contributed by atoms with Crippen LogP contribution in [-0.2, 0) is 12.8 Å². The molecule has 1 heterocycles. The van der Waals surface area contributed by atoms with E-state index in [2.05, 4.69) is 126 Å². The fourth-order valence-electron chi connectivity index (χ4n) is 6.84. The van der Waals surface area contributed by atoms with Gasteiger partial charge in [0.2, 0.25) is 0 Å². The molecule has 1 nitrogen and oxygen atoms in total. The lowest BCUT2D eigenvalue weighted by Gasteiger charge is -2.45. The maximum absolute atomic E-state index is 4.01. The first kappa shape index (κ1) is 35.1. The van der Waals surface area contributed by atoms with Crippen LogP contribution in [-0.4, -0.2) is 13.1 Å². The SMILES string of the molecule is C=C/C=C\c1ccccc1C.C=CCCC(C)C(C)(C)C1CCNCC1C=C.CCc1c2c(cc3ccccc13)CCC=C2. The molecule has 5 rings (SSSR count). The van der Waals surface area contributed by atoms with Crippen LogP contribution in [0, 0.1) is 30.1 Å². The van der Waals surface area contributed by atoms with E-state index in [1.807, 2.05) is 24.3 Å². The molecule has 44 heavy (non-hydrogen) atoms. The second-order valence-corrected chi connectivity index (χ2v) is 13.0. The third kappa shape index (κ3) is 9.29. The predicted molar refractivity (Wildman–Crippen MR) is 198 cm³/mol. The van der Waals surface area contributed by atoms with Crippen LogP contribution >= 0.6 is 0 Å². The number of benzene rings is 3. The molecule has 2 aliphatic rings. The van der Waals surface area contributed by atoms with Gasteiger partial charge in [-0.2, -0.15) is 0 Å². The average molecular weight is 588 g/mol. The van der Waals surface area contributed by atoms with E-state index in [1.54, 1.807) is 6.08 Å². The van der Waals surface area contributed by atoms with Gasteiger partial charge in [-0.05, 0) is 114 Å². The standard InChI is InChI=1S/C16H29N.C16H16.C11H12/c1-6-8-9-13(3)16(4,5)15-10-11-17-12-14(15)7-2;1-2-14-15-9-5-3-7-12(15)11-13-8-4-6-10-16(13)14;1-3-4-8-11-9-6-5-7-10(11)2/h6-7,13-15,17H,1-2,8-12H2,3-5H3;3,5-7,9-11H,2,4,8H2,1H3;3-9H,1H2,2H3/b;;8-4-. The van der Waals surface area contributed by atoms with Crippen LogP contribution in [0.25, 0.3) is 22.9 Å². The molecule has 1 heteroatoms. The Balaban J connectivity index is 0.000000185. The van der Waals surface area contributed by atoms with Gasteiger partial charge in [0.15, 0.2) is 0 Å². The van der Waals surface area contributed by atoms with E-state index in [0.29, 0.717) is 11.3 Å². The highest BCUT2D eigenvalue weighted by Gasteiger charge is 2.39. The molecule has 3 atom stereocenters. The quantitative estimate of drug-likeness (QED) is 0.194. The van der Waals surface area contributed by atoms with Crippen molar-refractivity contribution in [2.24, 2.45) is 23.2 Å². The molecule has 1 aliphatic heterocycles. The van der Waals surface area contributed by atoms with Gasteiger partial charge in [-0.3, -0.25) is 0 Å². The highest BCUT2D eigenvalue weighted by Crippen LogP contribution is 2.44. The Labute approximate surface area is 269 Å². The van der Waals surface area contributed by atoms with Crippen molar-refractivity contribution in [2.45, 2.75) is 73.1 Å². The normalized spacial score (nSPS) is 18.3. The Kier molecular flexibility index (Phi) is 14.2. The summed E-state index contributed by atoms with van der Waals surface area (Å²) < 4.78 is 0. The number of hydrogen-bond donors (Lipinski definition) is 1. The molecule has 0 radical (unpaired) electrons. The van der Waals surface area contributed by atoms with Crippen molar-refractivity contribution >= 4 is 22.9 Å². The fourth-order valence-corrected chi connectivity index (χ4v) is 6.84. The minimum Gasteiger partial charge on any atom is -0.316 e. The molecule has 234 valence electrons. The monoisotopic (exact) mass is 587 g/mol. The summed E-state index contributed by atoms with van der Waals surface area (Å²) in [4.78, 5) is 0. The minimum absolute atomic E-state index is 0.393. The molecule has 0 aromatic heterocycles. The summed E-state index contributed by atoms with van der Waals surface area (Å²) >= 11 is 0. The molecule has 1 N–H and O–H groups in total. The number of allylic oxidation sites excluding steroid dienone is 4. The van der Waals surface area contributed by atoms with Gasteiger partial charge in [0.25, 0.3) is 0 Å². The van der Waals surface area contributed by atoms with Crippen LogP contribution in [0.2, 0.25) is 0 Å². The van der Waals surface area contributed by atoms with Crippen molar-refractivity contribution in [1.29, 1.82) is 0 Å². The lowest BCUT2D eigenvalue weighted by atomic mass is 9.62. The largest absolute Gasteiger partial charge is 0.316 e. The number of nitrogens with one attached hydrogen (secondary N) is 1. The summed E-state index contributed by atoms with van der Waals surface area (Å²) in [5, 5.41) is 6.31. The van der Waals surface area contributed by atoms with E-state index in [9.17, 15) is 0 Å². The number of hydrogen-bond acceptors (Lipinski definition) is 1. The van der Waals surface area contributed by atoms with Crippen molar-refractivity contribution in [2.75, 3.05) is 13.1 Å². The van der Waals surface area contributed by atoms with Gasteiger partial charge >= 0.3 is 0 Å². The zero-order valence-corrected chi connectivity index (χ0v) is 28.2. The van der Waals surface area contributed by atoms with Crippen LogP contribution in [0.5, 0.6) is 0 Å². The summed E-state index contributed by atoms with van der Waals surface area (Å²) in [6.45, 7) is 25.4. The maximum atomic E-state index is 4.01. The number of aryl methyl sites for hydroxylation is 3. The fraction of sp³-hybridized carbons (Fsp3) is 0.395. The molecule has 1 aliphatic carbocycles. The van der Waals surface area contributed by atoms with Crippen LogP contribution in [0.3, 0.4) is 0 Å². The third-order valence-electron chi connectivity index (χ3n) is 9.97. The lowest BCUT2D eigenvalue weighted by Crippen LogP contribution is -2.44. The van der Waals surface area contributed by atoms with Crippen LogP contribution in [0.15, 0.2) is 105 Å². The van der Waals surface area contributed by atoms with Gasteiger partial charge < -0.3 is 5.32 Å². The van der Waals surface area contributed by atoms with E-state index in [-0.39, 0.29) is 0 Å². The molecule has 1 saturated heterocycles. The smallest absolute Gasteiger partial charge is 0.00169 e. The summed E-state index contributed by atoms with van der Waals surface area (Å²) in [6, 6.07) is 19.4. The molecule has 3 unspecified atom stereocenters. The third-order valence-corrected chi connectivity index (χ3v) is 9.97. The highest BCUT2D eigenvalue weighted by atomic mass is 14.9. The summed E-state index contributed by atoms with van der Waals surface area (Å²) in [7, 11) is 0. The van der Waals surface area contributed by atoms with Crippen LogP contribution in [0.4, 0.5) is 0 Å². The molecular weight excluding hydrogens is 530 g/mol. The minimum atomic E-state index is 0.393. The van der Waals surface area contributed by atoms with Crippen LogP contribution < -0.4 is 5.32 Å². The molecule has 0 amide bonds. The van der Waals surface area contributed by atoms with Crippen molar-refractivity contribution in [3.8, 4) is 0 Å². The molecule has 1 fully saturated rings. The zero-order chi connectivity index (χ0) is 32.0. The zero-order valence-electron chi connectivity index (χ0n) is 28.2. The van der Waals surface area contributed by atoms with E-state index in [0.717, 1.165) is 37.8 Å². The van der Waals surface area contributed by atoms with E-state index in [1.165, 1.54) is 64.3 Å². The van der Waals surface area contributed by atoms with Crippen molar-refractivity contribution in [3.63, 3.8) is 0 Å². The van der Waals surface area contributed by atoms with E-state index >= 15 is 0 Å². The van der Waals surface area contributed by atoms with Crippen LogP contribution in [0.1, 0.15) is 81.2 Å². The lowest BCUT2D eigenvalue weighted by molar-refractivity contribution is 0.0657. The first-order valence-electron chi connectivity index (χ1n) is 16.8. The van der Waals surface area contributed by atoms with Crippen molar-refractivity contribution < 1.29 is 0 Å². The Morgan fingerprint density at radius 3 is 2.50 bits per heavy atom. The molecular formula is C43H57N. The Bertz CT molecular complexity index is 1420. The second kappa shape index (κ2) is 17.8. The number of fused-ring (bicyclic) bond motifs is 2. The first-order valence-corrected chi connectivity index (χ1v) is 16.8. The van der Waals surface area contributed by atoms with E-state index in [4.69, 9.17) is 0 Å². The maximum Gasteiger partial charge on any atom is 0.00169 e. The molecule has 0 saturated carbocycles. The van der Waals surface area contributed by atoms with E-state index < -0.39 is 0 Å². The van der Waals surface area contributed by atoms with Gasteiger partial charge in [-0.1, -0.05) is 131 Å². The number of piperidine rings is 1. The van der Waals surface area contributed by atoms with Gasteiger partial charge in [-0.15, -0.1) is 13.2 Å². The summed E-state index contributed by atoms with van der Waals surface area (Å²) in [6.07, 6.45) is 21.8. The topological polar surface area (TPSA) is 12.0 Å². The second-order valence-electron chi connectivity index (χ2n) is 13.0. The van der Waals surface area contributed by atoms with Gasteiger partial charge in [-0.25, -0.2) is 0 Å². The summed E-state index contributed by atoms with van der Waals surface area (Å²) in [5.41, 5.74) is 7.47. The Morgan fingerprint density at radius 2 is 1.80 bits per heavy atom. The molecule has 3 aromatic carbocycles. The van der Waals surface area contributed by atoms with Crippen molar-refractivity contribution in [3.05, 3.63) is 133 Å². The van der Waals surface area contributed by atoms with Gasteiger partial charge in [0, 0.05) is 6.54 Å². The first-order chi connectivity index (χ1) is 21.3. The molecule has 0 bridgehead atoms. The Hall–Kier alpha value is -3.42. The average Bonchev–Trinajstić information content (AvgIpc) is 3.06. The predicted octanol–water partition coefficient (Wildman–Crippen LogP) is 11.6. The van der Waals surface area contributed by atoms with Gasteiger partial charge in [0.1, 0.15) is 0 Å². The highest BCUT2D eigenvalue weighted by molar-refractivity contribution is 5.90. The molecule has 0 spiro atoms. The van der Waals surface area contributed by atoms with Crippen molar-refractivity contribution in [1.82, 2.24) is 5.32 Å². The molecule has 3 aromatic rings. The summed E-state index contributed by atoms with van der Waals surface area (Å²) in [5.74, 6) is 2.14. The van der Waals surface area contributed by atoms with Gasteiger partial charge in [0.05, 0.1) is 0 Å². The Morgan fingerprint density at radius 1 is 1.05 bits per heavy atom. The number of rotatable bonds is 9.